The number of fused-ring (bicyclic) bond motifs is 2. The number of amides is 1. The van der Waals surface area contributed by atoms with Gasteiger partial charge in [0.1, 0.15) is 5.01 Å². The van der Waals surface area contributed by atoms with E-state index in [1.165, 1.54) is 17.4 Å². The summed E-state index contributed by atoms with van der Waals surface area (Å²) in [6, 6.07) is 21.2. The molecule has 0 aliphatic carbocycles. The molecule has 1 aromatic heterocycles. The predicted octanol–water partition coefficient (Wildman–Crippen LogP) is 4.64. The van der Waals surface area contributed by atoms with Crippen molar-refractivity contribution in [1.29, 1.82) is 0 Å². The number of esters is 1. The van der Waals surface area contributed by atoms with Crippen molar-refractivity contribution < 1.29 is 14.3 Å². The van der Waals surface area contributed by atoms with E-state index in [1.807, 2.05) is 66.7 Å². The van der Waals surface area contributed by atoms with Gasteiger partial charge in [0.2, 0.25) is 0 Å². The molecule has 4 aromatic rings. The lowest BCUT2D eigenvalue weighted by Gasteiger charge is -2.06. The van der Waals surface area contributed by atoms with Crippen LogP contribution < -0.4 is 5.32 Å². The number of nitrogens with one attached hydrogen (secondary N) is 1. The summed E-state index contributed by atoms with van der Waals surface area (Å²) in [5.74, 6) is -0.982. The number of aromatic nitrogens is 1. The van der Waals surface area contributed by atoms with Crippen LogP contribution in [0.2, 0.25) is 0 Å². The van der Waals surface area contributed by atoms with Crippen LogP contribution >= 0.6 is 11.3 Å². The minimum absolute atomic E-state index is 0.351. The molecule has 0 saturated heterocycles. The molecule has 0 saturated carbocycles. The normalized spacial score (nSPS) is 11.1. The Bertz CT molecular complexity index is 1160. The Morgan fingerprint density at radius 2 is 1.79 bits per heavy atom. The fourth-order valence-corrected chi connectivity index (χ4v) is 3.62. The third kappa shape index (κ3) is 4.24. The summed E-state index contributed by atoms with van der Waals surface area (Å²) in [6.45, 7) is -0.351. The summed E-state index contributed by atoms with van der Waals surface area (Å²) in [7, 11) is 0. The van der Waals surface area contributed by atoms with Gasteiger partial charge in [-0.2, -0.15) is 0 Å². The molecule has 0 atom stereocenters. The smallest absolute Gasteiger partial charge is 0.331 e. The van der Waals surface area contributed by atoms with E-state index in [1.54, 1.807) is 6.08 Å². The molecule has 0 bridgehead atoms. The number of hydrogen-bond acceptors (Lipinski definition) is 5. The molecule has 6 heteroatoms. The van der Waals surface area contributed by atoms with Crippen molar-refractivity contribution in [3.05, 3.63) is 77.8 Å². The van der Waals surface area contributed by atoms with Gasteiger partial charge in [-0.3, -0.25) is 4.79 Å². The second-order valence-electron chi connectivity index (χ2n) is 6.07. The van der Waals surface area contributed by atoms with E-state index in [0.717, 1.165) is 21.0 Å². The van der Waals surface area contributed by atoms with Gasteiger partial charge >= 0.3 is 5.97 Å². The lowest BCUT2D eigenvalue weighted by atomic mass is 10.1. The van der Waals surface area contributed by atoms with Crippen molar-refractivity contribution in [3.8, 4) is 0 Å². The Morgan fingerprint density at radius 1 is 1.00 bits per heavy atom. The Morgan fingerprint density at radius 3 is 2.64 bits per heavy atom. The quantitative estimate of drug-likeness (QED) is 0.399. The highest BCUT2D eigenvalue weighted by molar-refractivity contribution is 7.19. The number of benzene rings is 3. The van der Waals surface area contributed by atoms with Gasteiger partial charge in [-0.1, -0.05) is 42.5 Å². The molecule has 138 valence electrons. The standard InChI is InChI=1S/C22H16N2O3S/c25-20(23-17-10-9-15-5-1-2-6-16(15)13-17)14-27-22(26)12-11-21-24-18-7-3-4-8-19(18)28-21/h1-13H,14H2,(H,23,25)/b12-11+. The van der Waals surface area contributed by atoms with Crippen LogP contribution in [-0.2, 0) is 14.3 Å². The number of para-hydroxylation sites is 1. The molecule has 0 aliphatic heterocycles. The molecule has 5 nitrogen and oxygen atoms in total. The lowest BCUT2D eigenvalue weighted by Crippen LogP contribution is -2.20. The first-order valence-electron chi connectivity index (χ1n) is 8.66. The maximum Gasteiger partial charge on any atom is 0.331 e. The van der Waals surface area contributed by atoms with E-state index in [2.05, 4.69) is 10.3 Å². The zero-order valence-electron chi connectivity index (χ0n) is 14.8. The molecule has 28 heavy (non-hydrogen) atoms. The number of ether oxygens (including phenoxy) is 1. The Hall–Kier alpha value is -3.51. The van der Waals surface area contributed by atoms with Gasteiger partial charge in [0.15, 0.2) is 6.61 Å². The van der Waals surface area contributed by atoms with Gasteiger partial charge in [0.25, 0.3) is 5.91 Å². The van der Waals surface area contributed by atoms with Crippen LogP contribution in [0, 0.1) is 0 Å². The van der Waals surface area contributed by atoms with Crippen molar-refractivity contribution in [2.45, 2.75) is 0 Å². The second kappa shape index (κ2) is 8.02. The van der Waals surface area contributed by atoms with E-state index in [0.29, 0.717) is 10.7 Å². The summed E-state index contributed by atoms with van der Waals surface area (Å²) < 4.78 is 6.04. The number of anilines is 1. The molecule has 1 N–H and O–H groups in total. The molecular weight excluding hydrogens is 372 g/mol. The highest BCUT2D eigenvalue weighted by atomic mass is 32.1. The average Bonchev–Trinajstić information content (AvgIpc) is 3.14. The van der Waals surface area contributed by atoms with Crippen LogP contribution in [0.5, 0.6) is 0 Å². The highest BCUT2D eigenvalue weighted by Crippen LogP contribution is 2.22. The largest absolute Gasteiger partial charge is 0.452 e. The van der Waals surface area contributed by atoms with E-state index in [-0.39, 0.29) is 6.61 Å². The third-order valence-corrected chi connectivity index (χ3v) is 5.05. The second-order valence-corrected chi connectivity index (χ2v) is 7.13. The zero-order valence-corrected chi connectivity index (χ0v) is 15.6. The SMILES string of the molecule is O=C(COC(=O)/C=C/c1nc2ccccc2s1)Nc1ccc2ccccc2c1. The van der Waals surface area contributed by atoms with Crippen molar-refractivity contribution in [2.75, 3.05) is 11.9 Å². The molecule has 0 radical (unpaired) electrons. The Balaban J connectivity index is 1.31. The number of nitrogens with zero attached hydrogens (tertiary/aromatic N) is 1. The van der Waals surface area contributed by atoms with Crippen LogP contribution in [0.3, 0.4) is 0 Å². The number of hydrogen-bond donors (Lipinski definition) is 1. The Labute approximate surface area is 165 Å². The first kappa shape index (κ1) is 17.9. The molecule has 0 aliphatic rings. The number of rotatable bonds is 5. The summed E-state index contributed by atoms with van der Waals surface area (Å²) in [5.41, 5.74) is 1.54. The van der Waals surface area contributed by atoms with Crippen LogP contribution in [0.25, 0.3) is 27.1 Å². The van der Waals surface area contributed by atoms with Crippen LogP contribution in [0.4, 0.5) is 5.69 Å². The van der Waals surface area contributed by atoms with Crippen molar-refractivity contribution in [3.63, 3.8) is 0 Å². The molecule has 0 fully saturated rings. The fraction of sp³-hybridized carbons (Fsp3) is 0.0455. The van der Waals surface area contributed by atoms with E-state index in [9.17, 15) is 9.59 Å². The minimum Gasteiger partial charge on any atom is -0.452 e. The summed E-state index contributed by atoms with van der Waals surface area (Å²) in [6.07, 6.45) is 2.87. The fourth-order valence-electron chi connectivity index (χ4n) is 2.75. The van der Waals surface area contributed by atoms with Gasteiger partial charge in [0, 0.05) is 11.8 Å². The van der Waals surface area contributed by atoms with Crippen molar-refractivity contribution in [2.24, 2.45) is 0 Å². The van der Waals surface area contributed by atoms with Gasteiger partial charge in [-0.05, 0) is 41.1 Å². The molecule has 1 heterocycles. The lowest BCUT2D eigenvalue weighted by molar-refractivity contribution is -0.142. The first-order valence-corrected chi connectivity index (χ1v) is 9.48. The molecule has 3 aromatic carbocycles. The van der Waals surface area contributed by atoms with Crippen molar-refractivity contribution >= 4 is 56.0 Å². The summed E-state index contributed by atoms with van der Waals surface area (Å²) in [5, 5.41) is 5.55. The summed E-state index contributed by atoms with van der Waals surface area (Å²) >= 11 is 1.48. The van der Waals surface area contributed by atoms with Crippen molar-refractivity contribution in [1.82, 2.24) is 4.98 Å². The summed E-state index contributed by atoms with van der Waals surface area (Å²) in [4.78, 5) is 28.3. The zero-order chi connectivity index (χ0) is 19.3. The molecule has 4 rings (SSSR count). The highest BCUT2D eigenvalue weighted by Gasteiger charge is 2.07. The van der Waals surface area contributed by atoms with E-state index in [4.69, 9.17) is 4.74 Å². The number of carbonyl (C=O) groups is 2. The maximum absolute atomic E-state index is 12.0. The van der Waals surface area contributed by atoms with Crippen LogP contribution in [0.15, 0.2) is 72.8 Å². The molecular formula is C22H16N2O3S. The average molecular weight is 388 g/mol. The predicted molar refractivity (Wildman–Crippen MR) is 112 cm³/mol. The van der Waals surface area contributed by atoms with E-state index >= 15 is 0 Å². The van der Waals surface area contributed by atoms with Crippen LogP contribution in [0.1, 0.15) is 5.01 Å². The minimum atomic E-state index is -0.590. The van der Waals surface area contributed by atoms with Gasteiger partial charge < -0.3 is 10.1 Å². The molecule has 1 amide bonds. The van der Waals surface area contributed by atoms with Gasteiger partial charge in [-0.15, -0.1) is 11.3 Å². The first-order chi connectivity index (χ1) is 13.7. The Kier molecular flexibility index (Phi) is 5.12. The maximum atomic E-state index is 12.0. The van der Waals surface area contributed by atoms with E-state index < -0.39 is 11.9 Å². The van der Waals surface area contributed by atoms with Gasteiger partial charge in [0.05, 0.1) is 10.2 Å². The third-order valence-electron chi connectivity index (χ3n) is 4.05. The van der Waals surface area contributed by atoms with Gasteiger partial charge in [-0.25, -0.2) is 9.78 Å². The monoisotopic (exact) mass is 388 g/mol. The number of carbonyl (C=O) groups excluding carboxylic acids is 2. The topological polar surface area (TPSA) is 68.3 Å². The molecule has 0 unspecified atom stereocenters. The van der Waals surface area contributed by atoms with Crippen LogP contribution in [-0.4, -0.2) is 23.5 Å². The number of thiazole rings is 1. The molecule has 0 spiro atoms.